The quantitative estimate of drug-likeness (QED) is 0.723. The highest BCUT2D eigenvalue weighted by atomic mass is 35.5. The van der Waals surface area contributed by atoms with Crippen molar-refractivity contribution in [1.29, 1.82) is 0 Å². The molecular formula is C10H17ClN2. The molecule has 3 atom stereocenters. The molecule has 0 aromatic rings. The Labute approximate surface area is 84.9 Å². The maximum atomic E-state index is 5.53. The first-order valence-corrected chi connectivity index (χ1v) is 5.46. The third kappa shape index (κ3) is 1.76. The minimum atomic E-state index is 0.716. The normalized spacial score (nSPS) is 40.3. The average Bonchev–Trinajstić information content (AvgIpc) is 2.67. The van der Waals surface area contributed by atoms with Crippen molar-refractivity contribution in [3.8, 4) is 0 Å². The van der Waals surface area contributed by atoms with Crippen molar-refractivity contribution in [3.63, 3.8) is 0 Å². The SMILES string of the molecule is CC1C2CNCC2CN1CC=CCl. The van der Waals surface area contributed by atoms with Gasteiger partial charge in [-0.25, -0.2) is 0 Å². The topological polar surface area (TPSA) is 15.3 Å². The van der Waals surface area contributed by atoms with Crippen molar-refractivity contribution in [2.45, 2.75) is 13.0 Å². The van der Waals surface area contributed by atoms with Crippen LogP contribution in [0.4, 0.5) is 0 Å². The molecule has 3 unspecified atom stereocenters. The molecule has 0 radical (unpaired) electrons. The third-order valence-corrected chi connectivity index (χ3v) is 3.66. The predicted molar refractivity (Wildman–Crippen MR) is 55.9 cm³/mol. The predicted octanol–water partition coefficient (Wildman–Crippen LogP) is 1.28. The molecule has 3 heteroatoms. The van der Waals surface area contributed by atoms with Gasteiger partial charge in [0.05, 0.1) is 0 Å². The van der Waals surface area contributed by atoms with Crippen LogP contribution in [0, 0.1) is 11.8 Å². The Bertz CT molecular complexity index is 205. The summed E-state index contributed by atoms with van der Waals surface area (Å²) in [5.74, 6) is 1.74. The largest absolute Gasteiger partial charge is 0.316 e. The monoisotopic (exact) mass is 200 g/mol. The molecule has 2 saturated heterocycles. The summed E-state index contributed by atoms with van der Waals surface area (Å²) in [7, 11) is 0. The molecule has 0 spiro atoms. The first-order valence-electron chi connectivity index (χ1n) is 5.03. The fourth-order valence-electron chi connectivity index (χ4n) is 2.67. The zero-order chi connectivity index (χ0) is 9.26. The molecule has 0 aliphatic carbocycles. The third-order valence-electron chi connectivity index (χ3n) is 3.49. The van der Waals surface area contributed by atoms with Crippen LogP contribution < -0.4 is 5.32 Å². The van der Waals surface area contributed by atoms with E-state index in [4.69, 9.17) is 11.6 Å². The Morgan fingerprint density at radius 1 is 1.54 bits per heavy atom. The summed E-state index contributed by atoms with van der Waals surface area (Å²) in [5, 5.41) is 3.46. The molecule has 0 bridgehead atoms. The molecule has 0 aromatic heterocycles. The molecule has 2 aliphatic rings. The number of nitrogens with one attached hydrogen (secondary N) is 1. The van der Waals surface area contributed by atoms with E-state index in [9.17, 15) is 0 Å². The van der Waals surface area contributed by atoms with Gasteiger partial charge in [-0.1, -0.05) is 17.7 Å². The second-order valence-electron chi connectivity index (χ2n) is 4.14. The van der Waals surface area contributed by atoms with E-state index < -0.39 is 0 Å². The molecule has 0 amide bonds. The average molecular weight is 201 g/mol. The number of fused-ring (bicyclic) bond motifs is 1. The summed E-state index contributed by atoms with van der Waals surface area (Å²) in [6.07, 6.45) is 2.03. The van der Waals surface area contributed by atoms with Crippen LogP contribution in [0.1, 0.15) is 6.92 Å². The maximum absolute atomic E-state index is 5.53. The molecule has 2 aliphatic heterocycles. The zero-order valence-electron chi connectivity index (χ0n) is 8.04. The molecule has 0 aromatic carbocycles. The van der Waals surface area contributed by atoms with Gasteiger partial charge >= 0.3 is 0 Å². The van der Waals surface area contributed by atoms with Gasteiger partial charge in [-0.15, -0.1) is 0 Å². The Hall–Kier alpha value is -0.0500. The minimum Gasteiger partial charge on any atom is -0.316 e. The first kappa shape index (κ1) is 9.50. The van der Waals surface area contributed by atoms with E-state index in [0.717, 1.165) is 18.4 Å². The van der Waals surface area contributed by atoms with Crippen LogP contribution in [0.5, 0.6) is 0 Å². The molecule has 1 N–H and O–H groups in total. The number of hydrogen-bond donors (Lipinski definition) is 1. The van der Waals surface area contributed by atoms with Gasteiger partial charge in [0.15, 0.2) is 0 Å². The summed E-state index contributed by atoms with van der Waals surface area (Å²) in [4.78, 5) is 2.52. The number of rotatable bonds is 2. The van der Waals surface area contributed by atoms with E-state index in [0.29, 0.717) is 6.04 Å². The van der Waals surface area contributed by atoms with Crippen LogP contribution in [-0.2, 0) is 0 Å². The fraction of sp³-hybridized carbons (Fsp3) is 0.800. The summed E-state index contributed by atoms with van der Waals surface area (Å²) in [5.41, 5.74) is 1.62. The van der Waals surface area contributed by atoms with Crippen LogP contribution in [0.25, 0.3) is 0 Å². The van der Waals surface area contributed by atoms with Crippen LogP contribution in [-0.4, -0.2) is 37.1 Å². The van der Waals surface area contributed by atoms with E-state index >= 15 is 0 Å². The van der Waals surface area contributed by atoms with Gasteiger partial charge in [-0.05, 0) is 31.8 Å². The Balaban J connectivity index is 1.94. The van der Waals surface area contributed by atoms with E-state index in [2.05, 4.69) is 17.1 Å². The van der Waals surface area contributed by atoms with Crippen LogP contribution >= 0.6 is 11.6 Å². The van der Waals surface area contributed by atoms with Gasteiger partial charge < -0.3 is 5.32 Å². The minimum absolute atomic E-state index is 0.716. The van der Waals surface area contributed by atoms with E-state index in [1.54, 1.807) is 5.54 Å². The van der Waals surface area contributed by atoms with Crippen molar-refractivity contribution < 1.29 is 0 Å². The first-order chi connectivity index (χ1) is 6.33. The van der Waals surface area contributed by atoms with Crippen molar-refractivity contribution >= 4 is 11.6 Å². The van der Waals surface area contributed by atoms with Crippen molar-refractivity contribution in [1.82, 2.24) is 10.2 Å². The highest BCUT2D eigenvalue weighted by Gasteiger charge is 2.40. The Kier molecular flexibility index (Phi) is 2.92. The van der Waals surface area contributed by atoms with Crippen LogP contribution in [0.15, 0.2) is 11.6 Å². The zero-order valence-corrected chi connectivity index (χ0v) is 8.80. The lowest BCUT2D eigenvalue weighted by molar-refractivity contribution is 0.264. The lowest BCUT2D eigenvalue weighted by Gasteiger charge is -2.22. The summed E-state index contributed by atoms with van der Waals surface area (Å²) < 4.78 is 0. The van der Waals surface area contributed by atoms with Gasteiger partial charge in [0.2, 0.25) is 0 Å². The lowest BCUT2D eigenvalue weighted by atomic mass is 9.95. The second kappa shape index (κ2) is 3.99. The maximum Gasteiger partial charge on any atom is 0.0177 e. The Morgan fingerprint density at radius 3 is 3.08 bits per heavy atom. The molecular weight excluding hydrogens is 184 g/mol. The Morgan fingerprint density at radius 2 is 2.38 bits per heavy atom. The van der Waals surface area contributed by atoms with Crippen molar-refractivity contribution in [3.05, 3.63) is 11.6 Å². The molecule has 2 heterocycles. The van der Waals surface area contributed by atoms with E-state index in [1.165, 1.54) is 19.6 Å². The van der Waals surface area contributed by atoms with Crippen LogP contribution in [0.2, 0.25) is 0 Å². The van der Waals surface area contributed by atoms with Gasteiger partial charge in [-0.3, -0.25) is 4.90 Å². The summed E-state index contributed by atoms with van der Waals surface area (Å²) >= 11 is 5.53. The number of nitrogens with zero attached hydrogens (tertiary/aromatic N) is 1. The molecule has 74 valence electrons. The van der Waals surface area contributed by atoms with Gasteiger partial charge in [0.1, 0.15) is 0 Å². The van der Waals surface area contributed by atoms with Gasteiger partial charge in [0.25, 0.3) is 0 Å². The van der Waals surface area contributed by atoms with Gasteiger partial charge in [-0.2, -0.15) is 0 Å². The van der Waals surface area contributed by atoms with Crippen molar-refractivity contribution in [2.75, 3.05) is 26.2 Å². The van der Waals surface area contributed by atoms with Crippen molar-refractivity contribution in [2.24, 2.45) is 11.8 Å². The standard InChI is InChI=1S/C10H17ClN2/c1-8-10-6-12-5-9(10)7-13(8)4-2-3-11/h2-3,8-10,12H,4-7H2,1H3. The van der Waals surface area contributed by atoms with E-state index in [1.807, 2.05) is 6.08 Å². The molecule has 13 heavy (non-hydrogen) atoms. The number of likely N-dealkylation sites (tertiary alicyclic amines) is 1. The number of halogens is 1. The fourth-order valence-corrected chi connectivity index (χ4v) is 2.75. The molecule has 2 nitrogen and oxygen atoms in total. The molecule has 2 rings (SSSR count). The summed E-state index contributed by atoms with van der Waals surface area (Å²) in [6, 6.07) is 0.716. The van der Waals surface area contributed by atoms with Crippen LogP contribution in [0.3, 0.4) is 0 Å². The van der Waals surface area contributed by atoms with E-state index in [-0.39, 0.29) is 0 Å². The highest BCUT2D eigenvalue weighted by molar-refractivity contribution is 6.25. The smallest absolute Gasteiger partial charge is 0.0177 e. The molecule has 0 saturated carbocycles. The van der Waals surface area contributed by atoms with Gasteiger partial charge in [0, 0.05) is 24.7 Å². The lowest BCUT2D eigenvalue weighted by Crippen LogP contribution is -2.33. The second-order valence-corrected chi connectivity index (χ2v) is 4.39. The summed E-state index contributed by atoms with van der Waals surface area (Å²) in [6.45, 7) is 6.99. The molecule has 2 fully saturated rings. The number of hydrogen-bond acceptors (Lipinski definition) is 2. The highest BCUT2D eigenvalue weighted by Crippen LogP contribution is 2.31.